The van der Waals surface area contributed by atoms with Crippen LogP contribution < -0.4 is 9.47 Å². The predicted molar refractivity (Wildman–Crippen MR) is 107 cm³/mol. The second kappa shape index (κ2) is 7.84. The lowest BCUT2D eigenvalue weighted by Gasteiger charge is -2.15. The number of nitrogens with zero attached hydrogens (tertiary/aromatic N) is 3. The molecular formula is C20H21N3O3S. The zero-order valence-corrected chi connectivity index (χ0v) is 16.6. The number of rotatable bonds is 6. The molecule has 0 saturated carbocycles. The van der Waals surface area contributed by atoms with Gasteiger partial charge in [-0.05, 0) is 37.0 Å². The Bertz CT molecular complexity index is 940. The van der Waals surface area contributed by atoms with E-state index in [0.717, 1.165) is 22.5 Å². The first kappa shape index (κ1) is 19.0. The number of carbonyl (C=O) groups excluding carboxylic acids is 1. The summed E-state index contributed by atoms with van der Waals surface area (Å²) in [5.41, 5.74) is 3.80. The minimum Gasteiger partial charge on any atom is -0.491 e. The summed E-state index contributed by atoms with van der Waals surface area (Å²) in [5, 5.41) is 2.59. The van der Waals surface area contributed by atoms with Crippen molar-refractivity contribution in [1.82, 2.24) is 14.9 Å². The summed E-state index contributed by atoms with van der Waals surface area (Å²) >= 11 is 1.43. The summed E-state index contributed by atoms with van der Waals surface area (Å²) in [6, 6.07) is 3.72. The molecule has 0 bridgehead atoms. The third-order valence-corrected chi connectivity index (χ3v) is 5.13. The lowest BCUT2D eigenvalue weighted by Crippen LogP contribution is -2.21. The maximum atomic E-state index is 12.8. The topological polar surface area (TPSA) is 64.6 Å². The molecule has 0 aliphatic carbocycles. The van der Waals surface area contributed by atoms with Crippen molar-refractivity contribution in [3.8, 4) is 22.9 Å². The molecule has 6 nitrogen and oxygen atoms in total. The van der Waals surface area contributed by atoms with Gasteiger partial charge in [-0.3, -0.25) is 14.7 Å². The fraction of sp³-hybridized carbons (Fsp3) is 0.250. The second-order valence-electron chi connectivity index (χ2n) is 5.95. The first-order chi connectivity index (χ1) is 13.0. The normalized spacial score (nSPS) is 13.2. The molecule has 3 heterocycles. The first-order valence-corrected chi connectivity index (χ1v) is 9.25. The van der Waals surface area contributed by atoms with Crippen LogP contribution in [0, 0.1) is 6.92 Å². The number of aryl methyl sites for hydroxylation is 1. The SMILES string of the molecule is C=C(S/C=C\C)N1Cc2nc(-c3cnc(OC)c(OC)c3)cc(C)c2C1=O. The Morgan fingerprint density at radius 2 is 2.11 bits per heavy atom. The van der Waals surface area contributed by atoms with Crippen LogP contribution in [0.25, 0.3) is 11.3 Å². The van der Waals surface area contributed by atoms with Gasteiger partial charge in [0.1, 0.15) is 0 Å². The van der Waals surface area contributed by atoms with Crippen molar-refractivity contribution in [3.63, 3.8) is 0 Å². The number of hydrogen-bond acceptors (Lipinski definition) is 6. The van der Waals surface area contributed by atoms with E-state index in [1.807, 2.05) is 37.5 Å². The number of hydrogen-bond donors (Lipinski definition) is 0. The van der Waals surface area contributed by atoms with Crippen molar-refractivity contribution in [2.75, 3.05) is 14.2 Å². The quantitative estimate of drug-likeness (QED) is 0.746. The second-order valence-corrected chi connectivity index (χ2v) is 6.93. The predicted octanol–water partition coefficient (Wildman–Crippen LogP) is 4.16. The zero-order valence-electron chi connectivity index (χ0n) is 15.8. The Labute approximate surface area is 162 Å². The van der Waals surface area contributed by atoms with Gasteiger partial charge in [-0.1, -0.05) is 24.4 Å². The number of methoxy groups -OCH3 is 2. The lowest BCUT2D eigenvalue weighted by molar-refractivity contribution is 0.0837. The summed E-state index contributed by atoms with van der Waals surface area (Å²) in [6.07, 6.45) is 3.60. The highest BCUT2D eigenvalue weighted by Gasteiger charge is 2.32. The highest BCUT2D eigenvalue weighted by molar-refractivity contribution is 8.05. The number of allylic oxidation sites excluding steroid dienone is 1. The van der Waals surface area contributed by atoms with Crippen molar-refractivity contribution in [1.29, 1.82) is 0 Å². The van der Waals surface area contributed by atoms with Crippen LogP contribution in [0.4, 0.5) is 0 Å². The van der Waals surface area contributed by atoms with Gasteiger partial charge in [-0.25, -0.2) is 4.98 Å². The molecule has 2 aromatic heterocycles. The lowest BCUT2D eigenvalue weighted by atomic mass is 10.1. The summed E-state index contributed by atoms with van der Waals surface area (Å²) in [5.74, 6) is 0.885. The number of carbonyl (C=O) groups is 1. The average molecular weight is 383 g/mol. The van der Waals surface area contributed by atoms with Crippen LogP contribution in [0.5, 0.6) is 11.6 Å². The number of fused-ring (bicyclic) bond motifs is 1. The molecule has 0 fully saturated rings. The van der Waals surface area contributed by atoms with Gasteiger partial charge in [0.2, 0.25) is 0 Å². The van der Waals surface area contributed by atoms with E-state index in [4.69, 9.17) is 14.5 Å². The van der Waals surface area contributed by atoms with E-state index in [-0.39, 0.29) is 5.91 Å². The molecule has 3 rings (SSSR count). The van der Waals surface area contributed by atoms with Crippen LogP contribution in [-0.2, 0) is 6.54 Å². The van der Waals surface area contributed by atoms with Crippen LogP contribution in [0.3, 0.4) is 0 Å². The number of pyridine rings is 2. The summed E-state index contributed by atoms with van der Waals surface area (Å²) in [4.78, 5) is 23.4. The van der Waals surface area contributed by atoms with Gasteiger partial charge in [-0.15, -0.1) is 0 Å². The standard InChI is InChI=1S/C20H21N3O3S/c1-6-7-27-13(3)23-11-16-18(20(23)24)12(2)8-15(22-16)14-9-17(25-4)19(26-5)21-10-14/h6-10H,3,11H2,1-2,4-5H3/b7-6-. The molecule has 0 aromatic carbocycles. The van der Waals surface area contributed by atoms with E-state index in [1.54, 1.807) is 25.3 Å². The molecule has 0 saturated heterocycles. The van der Waals surface area contributed by atoms with E-state index < -0.39 is 0 Å². The van der Waals surface area contributed by atoms with E-state index >= 15 is 0 Å². The Kier molecular flexibility index (Phi) is 5.51. The van der Waals surface area contributed by atoms with E-state index in [0.29, 0.717) is 28.8 Å². The smallest absolute Gasteiger partial charge is 0.261 e. The van der Waals surface area contributed by atoms with Gasteiger partial charge in [0, 0.05) is 11.8 Å². The van der Waals surface area contributed by atoms with Crippen LogP contribution >= 0.6 is 11.8 Å². The van der Waals surface area contributed by atoms with Crippen LogP contribution in [-0.4, -0.2) is 35.0 Å². The van der Waals surface area contributed by atoms with E-state index in [9.17, 15) is 4.79 Å². The molecule has 7 heteroatoms. The van der Waals surface area contributed by atoms with Crippen molar-refractivity contribution < 1.29 is 14.3 Å². The Morgan fingerprint density at radius 1 is 1.33 bits per heavy atom. The van der Waals surface area contributed by atoms with Crippen molar-refractivity contribution in [2.24, 2.45) is 0 Å². The van der Waals surface area contributed by atoms with Gasteiger partial charge in [0.05, 0.1) is 42.7 Å². The molecular weight excluding hydrogens is 362 g/mol. The van der Waals surface area contributed by atoms with E-state index in [2.05, 4.69) is 11.6 Å². The average Bonchev–Trinajstić information content (AvgIpc) is 3.02. The maximum absolute atomic E-state index is 12.8. The molecule has 2 aromatic rings. The summed E-state index contributed by atoms with van der Waals surface area (Å²) < 4.78 is 10.5. The minimum atomic E-state index is -0.0611. The molecule has 1 aliphatic heterocycles. The summed E-state index contributed by atoms with van der Waals surface area (Å²) in [6.45, 7) is 8.26. The number of aromatic nitrogens is 2. The number of amides is 1. The Morgan fingerprint density at radius 3 is 2.78 bits per heavy atom. The molecule has 0 spiro atoms. The number of thioether (sulfide) groups is 1. The fourth-order valence-corrected chi connectivity index (χ4v) is 3.50. The van der Waals surface area contributed by atoms with Crippen LogP contribution in [0.1, 0.15) is 28.5 Å². The number of ether oxygens (including phenoxy) is 2. The van der Waals surface area contributed by atoms with Crippen LogP contribution in [0.15, 0.2) is 41.4 Å². The van der Waals surface area contributed by atoms with E-state index in [1.165, 1.54) is 11.8 Å². The Balaban J connectivity index is 1.97. The highest BCUT2D eigenvalue weighted by Crippen LogP contribution is 2.35. The van der Waals surface area contributed by atoms with Gasteiger partial charge in [0.25, 0.3) is 11.8 Å². The minimum absolute atomic E-state index is 0.0611. The zero-order chi connectivity index (χ0) is 19.6. The van der Waals surface area contributed by atoms with Gasteiger partial charge >= 0.3 is 0 Å². The summed E-state index contributed by atoms with van der Waals surface area (Å²) in [7, 11) is 3.11. The first-order valence-electron chi connectivity index (χ1n) is 8.37. The molecule has 1 aliphatic rings. The maximum Gasteiger partial charge on any atom is 0.261 e. The van der Waals surface area contributed by atoms with Gasteiger partial charge < -0.3 is 9.47 Å². The Hall–Kier alpha value is -2.80. The molecule has 27 heavy (non-hydrogen) atoms. The van der Waals surface area contributed by atoms with Gasteiger partial charge in [-0.2, -0.15) is 0 Å². The largest absolute Gasteiger partial charge is 0.491 e. The molecule has 1 amide bonds. The third-order valence-electron chi connectivity index (χ3n) is 4.23. The molecule has 0 N–H and O–H groups in total. The highest BCUT2D eigenvalue weighted by atomic mass is 32.2. The molecule has 140 valence electrons. The van der Waals surface area contributed by atoms with Crippen molar-refractivity contribution in [2.45, 2.75) is 20.4 Å². The molecule has 0 unspecified atom stereocenters. The third kappa shape index (κ3) is 3.55. The molecule has 0 atom stereocenters. The van der Waals surface area contributed by atoms with Crippen molar-refractivity contribution >= 4 is 17.7 Å². The monoisotopic (exact) mass is 383 g/mol. The molecule has 0 radical (unpaired) electrons. The fourth-order valence-electron chi connectivity index (χ4n) is 2.93. The van der Waals surface area contributed by atoms with Crippen LogP contribution in [0.2, 0.25) is 0 Å². The van der Waals surface area contributed by atoms with Gasteiger partial charge in [0.15, 0.2) is 5.75 Å². The van der Waals surface area contributed by atoms with Crippen molar-refractivity contribution in [3.05, 3.63) is 58.2 Å².